The van der Waals surface area contributed by atoms with Crippen LogP contribution in [0.15, 0.2) is 24.3 Å². The number of hydrogen-bond donors (Lipinski definition) is 1. The summed E-state index contributed by atoms with van der Waals surface area (Å²) >= 11 is 0. The van der Waals surface area contributed by atoms with Crippen molar-refractivity contribution in [3.8, 4) is 5.75 Å². The van der Waals surface area contributed by atoms with Gasteiger partial charge in [0.05, 0.1) is 0 Å². The fourth-order valence-corrected chi connectivity index (χ4v) is 3.26. The number of carbonyl (C=O) groups excluding carboxylic acids is 3. The zero-order chi connectivity index (χ0) is 25.0. The normalized spacial score (nSPS) is 15.8. The van der Waals surface area contributed by atoms with Crippen LogP contribution in [0.3, 0.4) is 0 Å². The van der Waals surface area contributed by atoms with Crippen molar-refractivity contribution in [3.05, 3.63) is 29.8 Å². The van der Waals surface area contributed by atoms with E-state index in [9.17, 15) is 27.6 Å². The molecule has 1 aromatic rings. The van der Waals surface area contributed by atoms with E-state index in [-0.39, 0.29) is 49.5 Å². The third-order valence-electron chi connectivity index (χ3n) is 4.82. The molecule has 3 amide bonds. The zero-order valence-corrected chi connectivity index (χ0v) is 19.4. The van der Waals surface area contributed by atoms with Crippen LogP contribution in [-0.4, -0.2) is 71.9 Å². The second-order valence-corrected chi connectivity index (χ2v) is 9.06. The van der Waals surface area contributed by atoms with Crippen molar-refractivity contribution < 1.29 is 37.0 Å². The van der Waals surface area contributed by atoms with Gasteiger partial charge in [0.25, 0.3) is 5.91 Å². The Kier molecular flexibility index (Phi) is 8.20. The highest BCUT2D eigenvalue weighted by molar-refractivity contribution is 5.94. The number of alkyl halides is 3. The second kappa shape index (κ2) is 10.3. The van der Waals surface area contributed by atoms with Crippen molar-refractivity contribution in [2.75, 3.05) is 26.2 Å². The molecule has 0 spiro atoms. The van der Waals surface area contributed by atoms with E-state index in [4.69, 9.17) is 4.74 Å². The summed E-state index contributed by atoms with van der Waals surface area (Å²) in [5.41, 5.74) is -0.478. The van der Waals surface area contributed by atoms with E-state index in [1.54, 1.807) is 25.7 Å². The van der Waals surface area contributed by atoms with Crippen LogP contribution in [0, 0.1) is 5.92 Å². The number of carbonyl (C=O) groups is 3. The van der Waals surface area contributed by atoms with Gasteiger partial charge in [0, 0.05) is 31.7 Å². The molecule has 1 atom stereocenters. The van der Waals surface area contributed by atoms with Crippen LogP contribution in [0.2, 0.25) is 0 Å². The predicted octanol–water partition coefficient (Wildman–Crippen LogP) is 3.42. The van der Waals surface area contributed by atoms with E-state index in [2.05, 4.69) is 10.1 Å². The molecule has 8 nitrogen and oxygen atoms in total. The van der Waals surface area contributed by atoms with Crippen LogP contribution in [0.4, 0.5) is 18.0 Å². The lowest BCUT2D eigenvalue weighted by molar-refractivity contribution is -0.274. The minimum Gasteiger partial charge on any atom is -0.444 e. The number of amides is 3. The first-order valence-electron chi connectivity index (χ1n) is 10.6. The van der Waals surface area contributed by atoms with Gasteiger partial charge in [-0.05, 0) is 51.0 Å². The van der Waals surface area contributed by atoms with Gasteiger partial charge in [-0.1, -0.05) is 13.8 Å². The molecular weight excluding hydrogens is 443 g/mol. The lowest BCUT2D eigenvalue weighted by Gasteiger charge is -2.37. The summed E-state index contributed by atoms with van der Waals surface area (Å²) in [7, 11) is 0. The smallest absolute Gasteiger partial charge is 0.444 e. The van der Waals surface area contributed by atoms with E-state index < -0.39 is 29.8 Å². The predicted molar refractivity (Wildman–Crippen MR) is 114 cm³/mol. The summed E-state index contributed by atoms with van der Waals surface area (Å²) in [5, 5.41) is 2.63. The number of alkyl carbamates (subject to hydrolysis) is 1. The number of ether oxygens (including phenoxy) is 2. The van der Waals surface area contributed by atoms with Gasteiger partial charge in [0.2, 0.25) is 5.91 Å². The van der Waals surface area contributed by atoms with Crippen LogP contribution in [0.25, 0.3) is 0 Å². The maximum atomic E-state index is 13.0. The van der Waals surface area contributed by atoms with E-state index in [1.807, 2.05) is 13.8 Å². The lowest BCUT2D eigenvalue weighted by atomic mass is 10.0. The molecule has 1 fully saturated rings. The Morgan fingerprint density at radius 1 is 0.939 bits per heavy atom. The molecule has 1 aromatic carbocycles. The summed E-state index contributed by atoms with van der Waals surface area (Å²) in [4.78, 5) is 40.9. The number of nitrogens with one attached hydrogen (secondary N) is 1. The Morgan fingerprint density at radius 2 is 1.45 bits per heavy atom. The summed E-state index contributed by atoms with van der Waals surface area (Å²) in [6.07, 6.45) is -5.48. The first-order valence-corrected chi connectivity index (χ1v) is 10.6. The first kappa shape index (κ1) is 26.3. The highest BCUT2D eigenvalue weighted by Gasteiger charge is 2.33. The SMILES string of the molecule is CC(C)[C@H](NC(=O)OC(C)(C)C)C(=O)N1CCN(C(=O)c2ccc(OC(F)(F)F)cc2)CC1. The van der Waals surface area contributed by atoms with Crippen LogP contribution >= 0.6 is 0 Å². The lowest BCUT2D eigenvalue weighted by Crippen LogP contribution is -2.57. The fraction of sp³-hybridized carbons (Fsp3) is 0.591. The number of nitrogens with zero attached hydrogens (tertiary/aromatic N) is 2. The summed E-state index contributed by atoms with van der Waals surface area (Å²) < 4.78 is 45.9. The number of piperazine rings is 1. The number of hydrogen-bond acceptors (Lipinski definition) is 5. The van der Waals surface area contributed by atoms with Gasteiger partial charge in [0.1, 0.15) is 17.4 Å². The van der Waals surface area contributed by atoms with Crippen molar-refractivity contribution in [2.24, 2.45) is 5.92 Å². The largest absolute Gasteiger partial charge is 0.573 e. The number of halogens is 3. The van der Waals surface area contributed by atoms with E-state index >= 15 is 0 Å². The first-order chi connectivity index (χ1) is 15.2. The minimum atomic E-state index is -4.80. The van der Waals surface area contributed by atoms with Gasteiger partial charge in [-0.2, -0.15) is 0 Å². The molecule has 1 N–H and O–H groups in total. The van der Waals surface area contributed by atoms with Crippen LogP contribution in [-0.2, 0) is 9.53 Å². The molecule has 0 saturated carbocycles. The molecule has 1 saturated heterocycles. The molecule has 1 aliphatic heterocycles. The van der Waals surface area contributed by atoms with Crippen molar-refractivity contribution in [1.82, 2.24) is 15.1 Å². The molecular formula is C22H30F3N3O5. The quantitative estimate of drug-likeness (QED) is 0.708. The average molecular weight is 473 g/mol. The third kappa shape index (κ3) is 8.14. The maximum Gasteiger partial charge on any atom is 0.573 e. The van der Waals surface area contributed by atoms with Gasteiger partial charge >= 0.3 is 12.5 Å². The van der Waals surface area contributed by atoms with E-state index in [0.29, 0.717) is 0 Å². The van der Waals surface area contributed by atoms with Gasteiger partial charge in [-0.15, -0.1) is 13.2 Å². The van der Waals surface area contributed by atoms with Gasteiger partial charge in [-0.3, -0.25) is 9.59 Å². The Hall–Kier alpha value is -2.98. The fourth-order valence-electron chi connectivity index (χ4n) is 3.26. The molecule has 33 heavy (non-hydrogen) atoms. The highest BCUT2D eigenvalue weighted by Crippen LogP contribution is 2.23. The molecule has 1 heterocycles. The van der Waals surface area contributed by atoms with Crippen molar-refractivity contribution in [3.63, 3.8) is 0 Å². The molecule has 2 rings (SSSR count). The molecule has 0 unspecified atom stereocenters. The van der Waals surface area contributed by atoms with Crippen molar-refractivity contribution in [2.45, 2.75) is 52.6 Å². The Bertz CT molecular complexity index is 842. The van der Waals surface area contributed by atoms with E-state index in [0.717, 1.165) is 12.1 Å². The van der Waals surface area contributed by atoms with Crippen LogP contribution < -0.4 is 10.1 Å². The molecule has 0 aromatic heterocycles. The molecule has 184 valence electrons. The van der Waals surface area contributed by atoms with Crippen molar-refractivity contribution in [1.29, 1.82) is 0 Å². The number of benzene rings is 1. The van der Waals surface area contributed by atoms with Gasteiger partial charge in [-0.25, -0.2) is 4.79 Å². The van der Waals surface area contributed by atoms with Gasteiger partial charge < -0.3 is 24.6 Å². The maximum absolute atomic E-state index is 13.0. The molecule has 0 aliphatic carbocycles. The molecule has 0 radical (unpaired) electrons. The van der Waals surface area contributed by atoms with E-state index in [1.165, 1.54) is 17.0 Å². The third-order valence-corrected chi connectivity index (χ3v) is 4.82. The summed E-state index contributed by atoms with van der Waals surface area (Å²) in [6, 6.07) is 3.91. The second-order valence-electron chi connectivity index (χ2n) is 9.06. The van der Waals surface area contributed by atoms with Crippen LogP contribution in [0.1, 0.15) is 45.0 Å². The van der Waals surface area contributed by atoms with Gasteiger partial charge in [0.15, 0.2) is 0 Å². The Morgan fingerprint density at radius 3 is 1.91 bits per heavy atom. The van der Waals surface area contributed by atoms with Crippen molar-refractivity contribution >= 4 is 17.9 Å². The summed E-state index contributed by atoms with van der Waals surface area (Å²) in [5.74, 6) is -1.21. The molecule has 0 bridgehead atoms. The monoisotopic (exact) mass is 473 g/mol. The molecule has 11 heteroatoms. The zero-order valence-electron chi connectivity index (χ0n) is 19.4. The standard InChI is InChI=1S/C22H30F3N3O5/c1-14(2)17(26-20(31)33-21(3,4)5)19(30)28-12-10-27(11-13-28)18(29)15-6-8-16(9-7-15)32-22(23,24)25/h6-9,14,17H,10-13H2,1-5H3,(H,26,31)/t17-/m0/s1. The topological polar surface area (TPSA) is 88.2 Å². The number of rotatable bonds is 5. The Balaban J connectivity index is 1.95. The summed E-state index contributed by atoms with van der Waals surface area (Å²) in [6.45, 7) is 9.84. The molecule has 1 aliphatic rings. The highest BCUT2D eigenvalue weighted by atomic mass is 19.4. The average Bonchev–Trinajstić information content (AvgIpc) is 2.69. The Labute approximate surface area is 191 Å². The van der Waals surface area contributed by atoms with Crippen LogP contribution in [0.5, 0.6) is 5.75 Å². The minimum absolute atomic E-state index is 0.179.